The van der Waals surface area contributed by atoms with Crippen molar-refractivity contribution in [2.24, 2.45) is 0 Å². The molecule has 0 N–H and O–H groups in total. The molecule has 0 aromatic heterocycles. The quantitative estimate of drug-likeness (QED) is 0.402. The first-order valence-electron chi connectivity index (χ1n) is 2.82. The van der Waals surface area contributed by atoms with Gasteiger partial charge in [-0.25, -0.2) is 9.59 Å². The summed E-state index contributed by atoms with van der Waals surface area (Å²) in [6, 6.07) is 0. The largest absolute Gasteiger partial charge is 0.384 e. The van der Waals surface area contributed by atoms with Crippen molar-refractivity contribution < 1.29 is 18.7 Å². The first kappa shape index (κ1) is 6.92. The molecule has 0 saturated carbocycles. The Morgan fingerprint density at radius 1 is 1.40 bits per heavy atom. The third-order valence-electron chi connectivity index (χ3n) is 1.23. The van der Waals surface area contributed by atoms with Crippen molar-refractivity contribution in [2.75, 3.05) is 0 Å². The lowest BCUT2D eigenvalue weighted by Crippen LogP contribution is -2.01. The predicted octanol–water partition coefficient (Wildman–Crippen LogP) is 0.703. The van der Waals surface area contributed by atoms with E-state index in [0.717, 1.165) is 0 Å². The minimum absolute atomic E-state index is 0.162. The van der Waals surface area contributed by atoms with Crippen LogP contribution in [0.5, 0.6) is 0 Å². The van der Waals surface area contributed by atoms with Gasteiger partial charge in [0.25, 0.3) is 0 Å². The molecule has 0 radical (unpaired) electrons. The summed E-state index contributed by atoms with van der Waals surface area (Å²) in [4.78, 5) is 20.8. The Balaban J connectivity index is 3.01. The highest BCUT2D eigenvalue weighted by atomic mass is 19.1. The van der Waals surface area contributed by atoms with Crippen LogP contribution in [0.15, 0.2) is 11.4 Å². The predicted molar refractivity (Wildman–Crippen MR) is 29.5 cm³/mol. The van der Waals surface area contributed by atoms with Crippen molar-refractivity contribution in [3.8, 4) is 0 Å². The van der Waals surface area contributed by atoms with Gasteiger partial charge in [0.05, 0.1) is 5.57 Å². The average molecular weight is 144 g/mol. The molecule has 1 aliphatic rings. The monoisotopic (exact) mass is 144 g/mol. The molecule has 54 valence electrons. The Bertz CT molecular complexity index is 229. The molecule has 1 aliphatic heterocycles. The van der Waals surface area contributed by atoms with Gasteiger partial charge in [0.15, 0.2) is 0 Å². The van der Waals surface area contributed by atoms with Crippen LogP contribution in [0.4, 0.5) is 4.39 Å². The molecule has 3 nitrogen and oxygen atoms in total. The number of carbonyl (C=O) groups is 2. The third kappa shape index (κ3) is 0.814. The maximum Gasteiger partial charge on any atom is 0.375 e. The van der Waals surface area contributed by atoms with E-state index in [1.165, 1.54) is 0 Å². The molecule has 10 heavy (non-hydrogen) atoms. The summed E-state index contributed by atoms with van der Waals surface area (Å²) >= 11 is 0. The second kappa shape index (κ2) is 2.21. The Morgan fingerprint density at radius 3 is 2.20 bits per heavy atom. The fourth-order valence-corrected chi connectivity index (χ4v) is 0.703. The van der Waals surface area contributed by atoms with Crippen LogP contribution in [-0.2, 0) is 14.3 Å². The maximum atomic E-state index is 12.4. The number of rotatable bonds is 1. The van der Waals surface area contributed by atoms with Gasteiger partial charge in [0.1, 0.15) is 0 Å². The lowest BCUT2D eigenvalue weighted by Gasteiger charge is -1.87. The van der Waals surface area contributed by atoms with Crippen molar-refractivity contribution >= 4 is 11.9 Å². The molecule has 0 aromatic rings. The first-order chi connectivity index (χ1) is 4.66. The fourth-order valence-electron chi connectivity index (χ4n) is 0.703. The summed E-state index contributed by atoms with van der Waals surface area (Å²) in [5.74, 6) is -3.07. The highest BCUT2D eigenvalue weighted by molar-refractivity contribution is 6.10. The van der Waals surface area contributed by atoms with Crippen molar-refractivity contribution in [3.63, 3.8) is 0 Å². The van der Waals surface area contributed by atoms with Crippen LogP contribution in [0.2, 0.25) is 0 Å². The van der Waals surface area contributed by atoms with E-state index in [1.807, 2.05) is 0 Å². The van der Waals surface area contributed by atoms with Crippen LogP contribution in [0.1, 0.15) is 13.3 Å². The fraction of sp³-hybridized carbons (Fsp3) is 0.333. The molecule has 0 spiro atoms. The summed E-state index contributed by atoms with van der Waals surface area (Å²) in [5.41, 5.74) is -0.162. The maximum absolute atomic E-state index is 12.4. The van der Waals surface area contributed by atoms with Gasteiger partial charge in [0.2, 0.25) is 5.83 Å². The second-order valence-corrected chi connectivity index (χ2v) is 1.82. The molecule has 1 rings (SSSR count). The second-order valence-electron chi connectivity index (χ2n) is 1.82. The Morgan fingerprint density at radius 2 is 2.00 bits per heavy atom. The topological polar surface area (TPSA) is 43.4 Å². The molecule has 0 aliphatic carbocycles. The molecule has 0 saturated heterocycles. The van der Waals surface area contributed by atoms with Gasteiger partial charge in [-0.2, -0.15) is 4.39 Å². The van der Waals surface area contributed by atoms with E-state index in [4.69, 9.17) is 0 Å². The Hall–Kier alpha value is -1.19. The average Bonchev–Trinajstić information content (AvgIpc) is 2.09. The smallest absolute Gasteiger partial charge is 0.375 e. The Kier molecular flexibility index (Phi) is 1.53. The summed E-state index contributed by atoms with van der Waals surface area (Å²) in [7, 11) is 0. The van der Waals surface area contributed by atoms with Crippen LogP contribution in [-0.4, -0.2) is 11.9 Å². The van der Waals surface area contributed by atoms with Gasteiger partial charge in [0, 0.05) is 0 Å². The highest BCUT2D eigenvalue weighted by Crippen LogP contribution is 2.20. The molecule has 4 heteroatoms. The molecule has 0 atom stereocenters. The van der Waals surface area contributed by atoms with E-state index in [2.05, 4.69) is 4.74 Å². The summed E-state index contributed by atoms with van der Waals surface area (Å²) in [6.45, 7) is 1.58. The van der Waals surface area contributed by atoms with E-state index in [0.29, 0.717) is 0 Å². The van der Waals surface area contributed by atoms with Gasteiger partial charge in [-0.15, -0.1) is 0 Å². The molecule has 0 amide bonds. The zero-order chi connectivity index (χ0) is 7.72. The van der Waals surface area contributed by atoms with Crippen LogP contribution in [0.25, 0.3) is 0 Å². The molecule has 0 bridgehead atoms. The lowest BCUT2D eigenvalue weighted by atomic mass is 10.2. The van der Waals surface area contributed by atoms with E-state index >= 15 is 0 Å². The van der Waals surface area contributed by atoms with Crippen molar-refractivity contribution in [1.82, 2.24) is 0 Å². The third-order valence-corrected chi connectivity index (χ3v) is 1.23. The van der Waals surface area contributed by atoms with E-state index in [-0.39, 0.29) is 12.0 Å². The number of ether oxygens (including phenoxy) is 1. The number of cyclic esters (lactones) is 2. The molecule has 0 aromatic carbocycles. The number of hydrogen-bond acceptors (Lipinski definition) is 3. The van der Waals surface area contributed by atoms with Gasteiger partial charge in [-0.3, -0.25) is 0 Å². The zero-order valence-corrected chi connectivity index (χ0v) is 5.31. The number of esters is 2. The Labute approximate surface area is 56.5 Å². The van der Waals surface area contributed by atoms with E-state index in [9.17, 15) is 14.0 Å². The summed E-state index contributed by atoms with van der Waals surface area (Å²) in [6.07, 6.45) is 0.191. The van der Waals surface area contributed by atoms with Crippen LogP contribution >= 0.6 is 0 Å². The number of hydrogen-bond donors (Lipinski definition) is 0. The van der Waals surface area contributed by atoms with E-state index < -0.39 is 17.8 Å². The van der Waals surface area contributed by atoms with Gasteiger partial charge < -0.3 is 4.74 Å². The van der Waals surface area contributed by atoms with Gasteiger partial charge in [-0.05, 0) is 6.42 Å². The van der Waals surface area contributed by atoms with Crippen LogP contribution < -0.4 is 0 Å². The van der Waals surface area contributed by atoms with Crippen LogP contribution in [0, 0.1) is 0 Å². The molecular formula is C6H5FO3. The standard InChI is InChI=1S/C6H5FO3/c1-2-3-4(7)6(9)10-5(3)8/h2H2,1H3. The van der Waals surface area contributed by atoms with Crippen molar-refractivity contribution in [1.29, 1.82) is 0 Å². The first-order valence-corrected chi connectivity index (χ1v) is 2.82. The van der Waals surface area contributed by atoms with Gasteiger partial charge >= 0.3 is 11.9 Å². The van der Waals surface area contributed by atoms with Crippen molar-refractivity contribution in [2.45, 2.75) is 13.3 Å². The molecule has 0 fully saturated rings. The normalized spacial score (nSPS) is 18.2. The SMILES string of the molecule is CCC1=C(F)C(=O)OC1=O. The molecular weight excluding hydrogens is 139 g/mol. The lowest BCUT2D eigenvalue weighted by molar-refractivity contribution is -0.151. The van der Waals surface area contributed by atoms with Crippen LogP contribution in [0.3, 0.4) is 0 Å². The molecule has 0 unspecified atom stereocenters. The van der Waals surface area contributed by atoms with Crippen molar-refractivity contribution in [3.05, 3.63) is 11.4 Å². The van der Waals surface area contributed by atoms with Gasteiger partial charge in [-0.1, -0.05) is 6.92 Å². The summed E-state index contributed by atoms with van der Waals surface area (Å²) in [5, 5.41) is 0. The summed E-state index contributed by atoms with van der Waals surface area (Å²) < 4.78 is 16.4. The minimum atomic E-state index is -1.16. The minimum Gasteiger partial charge on any atom is -0.384 e. The van der Waals surface area contributed by atoms with E-state index in [1.54, 1.807) is 6.92 Å². The molecule has 1 heterocycles. The zero-order valence-electron chi connectivity index (χ0n) is 5.31. The number of carbonyl (C=O) groups excluding carboxylic acids is 2. The number of halogens is 1. The highest BCUT2D eigenvalue weighted by Gasteiger charge is 2.31.